The van der Waals surface area contributed by atoms with Gasteiger partial charge in [0.2, 0.25) is 0 Å². The minimum atomic E-state index is -0.890. The number of aromatic nitrogens is 2. The Morgan fingerprint density at radius 2 is 2.19 bits per heavy atom. The van der Waals surface area contributed by atoms with Crippen LogP contribution in [0.25, 0.3) is 0 Å². The van der Waals surface area contributed by atoms with Crippen LogP contribution in [-0.2, 0) is 6.42 Å². The van der Waals surface area contributed by atoms with E-state index in [0.717, 1.165) is 23.6 Å². The van der Waals surface area contributed by atoms with Gasteiger partial charge >= 0.3 is 5.97 Å². The van der Waals surface area contributed by atoms with Crippen molar-refractivity contribution in [2.75, 3.05) is 0 Å². The highest BCUT2D eigenvalue weighted by Crippen LogP contribution is 2.76. The molecule has 2 atom stereocenters. The molecule has 4 rings (SSSR count). The zero-order valence-electron chi connectivity index (χ0n) is 8.99. The number of carbonyl (C=O) groups is 1. The summed E-state index contributed by atoms with van der Waals surface area (Å²) in [5.74, 6) is 0.433. The van der Waals surface area contributed by atoms with Gasteiger partial charge in [-0.25, -0.2) is 4.79 Å². The molecule has 84 valence electrons. The zero-order chi connectivity index (χ0) is 10.9. The molecule has 4 heteroatoms. The number of hydrogen-bond acceptors (Lipinski definition) is 2. The summed E-state index contributed by atoms with van der Waals surface area (Å²) in [5.41, 5.74) is 2.93. The molecule has 2 N–H and O–H groups in total. The lowest BCUT2D eigenvalue weighted by molar-refractivity contribution is 0.0689. The minimum absolute atomic E-state index is 0.260. The highest BCUT2D eigenvalue weighted by atomic mass is 16.4. The van der Waals surface area contributed by atoms with Crippen LogP contribution in [0.1, 0.15) is 53.3 Å². The summed E-state index contributed by atoms with van der Waals surface area (Å²) in [7, 11) is 0. The van der Waals surface area contributed by atoms with Crippen LogP contribution >= 0.6 is 0 Å². The quantitative estimate of drug-likeness (QED) is 0.757. The Morgan fingerprint density at radius 3 is 2.88 bits per heavy atom. The van der Waals surface area contributed by atoms with Gasteiger partial charge in [0.25, 0.3) is 0 Å². The molecule has 1 aromatic heterocycles. The van der Waals surface area contributed by atoms with Crippen LogP contribution in [0.15, 0.2) is 0 Å². The number of fused-ring (bicyclic) bond motifs is 5. The fourth-order valence-electron chi connectivity index (χ4n) is 4.34. The van der Waals surface area contributed by atoms with Gasteiger partial charge in [-0.15, -0.1) is 0 Å². The fourth-order valence-corrected chi connectivity index (χ4v) is 4.34. The average Bonchev–Trinajstić information content (AvgIpc) is 2.69. The van der Waals surface area contributed by atoms with Gasteiger partial charge in [0.05, 0.1) is 0 Å². The number of carboxylic acid groups (broad SMARTS) is 1. The molecule has 2 saturated carbocycles. The number of carboxylic acids is 1. The number of hydrogen-bond donors (Lipinski definition) is 2. The Hall–Kier alpha value is -1.32. The van der Waals surface area contributed by atoms with Gasteiger partial charge < -0.3 is 5.11 Å². The van der Waals surface area contributed by atoms with Gasteiger partial charge in [0.1, 0.15) is 0 Å². The predicted molar refractivity (Wildman–Crippen MR) is 56.4 cm³/mol. The van der Waals surface area contributed by atoms with Crippen LogP contribution in [0.2, 0.25) is 0 Å². The van der Waals surface area contributed by atoms with Crippen molar-refractivity contribution < 1.29 is 9.90 Å². The first kappa shape index (κ1) is 8.79. The molecule has 0 aliphatic heterocycles. The first-order valence-corrected chi connectivity index (χ1v) is 6.04. The van der Waals surface area contributed by atoms with Crippen molar-refractivity contribution in [1.82, 2.24) is 10.2 Å². The van der Waals surface area contributed by atoms with Gasteiger partial charge in [0.15, 0.2) is 5.69 Å². The Labute approximate surface area is 93.1 Å². The summed E-state index contributed by atoms with van der Waals surface area (Å²) < 4.78 is 0. The largest absolute Gasteiger partial charge is 0.476 e. The molecule has 1 spiro atoms. The Morgan fingerprint density at radius 1 is 1.44 bits per heavy atom. The van der Waals surface area contributed by atoms with Crippen LogP contribution in [0, 0.1) is 11.3 Å². The van der Waals surface area contributed by atoms with Crippen molar-refractivity contribution >= 4 is 5.97 Å². The summed E-state index contributed by atoms with van der Waals surface area (Å²) in [6.45, 7) is 0. The molecule has 4 nitrogen and oxygen atoms in total. The average molecular weight is 218 g/mol. The van der Waals surface area contributed by atoms with Gasteiger partial charge in [-0.1, -0.05) is 12.8 Å². The molecule has 16 heavy (non-hydrogen) atoms. The fraction of sp³-hybridized carbons (Fsp3) is 0.667. The SMILES string of the molecule is O=C(O)c1n[nH]c2c1CC1[C@H]2C12CCCC2. The maximum absolute atomic E-state index is 11.0. The lowest BCUT2D eigenvalue weighted by Gasteiger charge is -2.12. The summed E-state index contributed by atoms with van der Waals surface area (Å²) >= 11 is 0. The second-order valence-corrected chi connectivity index (χ2v) is 5.50. The molecule has 3 aliphatic carbocycles. The van der Waals surface area contributed by atoms with Crippen molar-refractivity contribution in [3.8, 4) is 0 Å². The predicted octanol–water partition coefficient (Wildman–Crippen LogP) is 1.94. The lowest BCUT2D eigenvalue weighted by Crippen LogP contribution is -2.07. The van der Waals surface area contributed by atoms with E-state index in [0.29, 0.717) is 11.3 Å². The van der Waals surface area contributed by atoms with Crippen LogP contribution in [0.3, 0.4) is 0 Å². The van der Waals surface area contributed by atoms with Crippen LogP contribution in [0.4, 0.5) is 0 Å². The smallest absolute Gasteiger partial charge is 0.356 e. The van der Waals surface area contributed by atoms with E-state index in [1.165, 1.54) is 25.7 Å². The first-order chi connectivity index (χ1) is 7.74. The monoisotopic (exact) mass is 218 g/mol. The maximum atomic E-state index is 11.0. The molecular weight excluding hydrogens is 204 g/mol. The van der Waals surface area contributed by atoms with Gasteiger partial charge in [-0.05, 0) is 30.6 Å². The molecule has 0 amide bonds. The van der Waals surface area contributed by atoms with E-state index in [1.807, 2.05) is 0 Å². The van der Waals surface area contributed by atoms with E-state index in [4.69, 9.17) is 5.11 Å². The first-order valence-electron chi connectivity index (χ1n) is 6.04. The summed E-state index contributed by atoms with van der Waals surface area (Å²) in [6.07, 6.45) is 6.31. The van der Waals surface area contributed by atoms with E-state index in [-0.39, 0.29) is 5.69 Å². The van der Waals surface area contributed by atoms with Crippen molar-refractivity contribution in [1.29, 1.82) is 0 Å². The van der Waals surface area contributed by atoms with E-state index in [1.54, 1.807) is 0 Å². The van der Waals surface area contributed by atoms with E-state index in [9.17, 15) is 4.79 Å². The van der Waals surface area contributed by atoms with E-state index < -0.39 is 5.97 Å². The Balaban J connectivity index is 1.75. The van der Waals surface area contributed by atoms with Crippen LogP contribution in [-0.4, -0.2) is 21.3 Å². The van der Waals surface area contributed by atoms with Crippen LogP contribution in [0.5, 0.6) is 0 Å². The molecular formula is C12H14N2O2. The van der Waals surface area contributed by atoms with Crippen molar-refractivity contribution in [2.45, 2.75) is 38.0 Å². The Bertz CT molecular complexity index is 485. The summed E-state index contributed by atoms with van der Waals surface area (Å²) in [4.78, 5) is 11.0. The summed E-state index contributed by atoms with van der Waals surface area (Å²) in [6, 6.07) is 0. The number of H-pyrrole nitrogens is 1. The molecule has 3 aliphatic rings. The topological polar surface area (TPSA) is 66.0 Å². The van der Waals surface area contributed by atoms with E-state index in [2.05, 4.69) is 10.2 Å². The number of aromatic amines is 1. The Kier molecular flexibility index (Phi) is 1.37. The third-order valence-corrected chi connectivity index (χ3v) is 5.02. The van der Waals surface area contributed by atoms with Crippen molar-refractivity contribution in [3.05, 3.63) is 17.0 Å². The molecule has 1 heterocycles. The highest BCUT2D eigenvalue weighted by Gasteiger charge is 2.69. The molecule has 1 aromatic rings. The second kappa shape index (κ2) is 2.50. The number of nitrogens with zero attached hydrogens (tertiary/aromatic N) is 1. The standard InChI is InChI=1S/C12H14N2O2/c15-11(16)10-6-5-7-8(9(6)13-14-10)12(7)3-1-2-4-12/h7-8H,1-5H2,(H,13,14)(H,15,16)/t7?,8-/m1/s1. The maximum Gasteiger partial charge on any atom is 0.356 e. The molecule has 0 bridgehead atoms. The number of nitrogens with one attached hydrogen (secondary N) is 1. The van der Waals surface area contributed by atoms with Gasteiger partial charge in [-0.3, -0.25) is 5.10 Å². The molecule has 1 unspecified atom stereocenters. The van der Waals surface area contributed by atoms with Crippen molar-refractivity contribution in [3.63, 3.8) is 0 Å². The number of aromatic carboxylic acids is 1. The van der Waals surface area contributed by atoms with E-state index >= 15 is 0 Å². The molecule has 2 fully saturated rings. The third-order valence-electron chi connectivity index (χ3n) is 5.02. The normalized spacial score (nSPS) is 32.8. The highest BCUT2D eigenvalue weighted by molar-refractivity contribution is 5.88. The molecule has 0 aromatic carbocycles. The lowest BCUT2D eigenvalue weighted by atomic mass is 9.92. The number of rotatable bonds is 1. The third kappa shape index (κ3) is 0.794. The van der Waals surface area contributed by atoms with Gasteiger partial charge in [-0.2, -0.15) is 5.10 Å². The summed E-state index contributed by atoms with van der Waals surface area (Å²) in [5, 5.41) is 15.9. The zero-order valence-corrected chi connectivity index (χ0v) is 8.99. The molecule has 0 saturated heterocycles. The molecule has 0 radical (unpaired) electrons. The minimum Gasteiger partial charge on any atom is -0.476 e. The van der Waals surface area contributed by atoms with Crippen molar-refractivity contribution in [2.24, 2.45) is 11.3 Å². The van der Waals surface area contributed by atoms with Crippen LogP contribution < -0.4 is 0 Å². The van der Waals surface area contributed by atoms with Gasteiger partial charge in [0, 0.05) is 17.2 Å². The second-order valence-electron chi connectivity index (χ2n) is 5.50.